The molecular formula is C14H19N3O3S2. The van der Waals surface area contributed by atoms with Gasteiger partial charge in [0.15, 0.2) is 0 Å². The second-order valence-electron chi connectivity index (χ2n) is 5.39. The van der Waals surface area contributed by atoms with Gasteiger partial charge in [-0.2, -0.15) is 4.31 Å². The van der Waals surface area contributed by atoms with Crippen LogP contribution in [0, 0.1) is 0 Å². The molecule has 0 spiro atoms. The molecule has 0 unspecified atom stereocenters. The second-order valence-corrected chi connectivity index (χ2v) is 8.33. The van der Waals surface area contributed by atoms with Gasteiger partial charge in [-0.05, 0) is 24.7 Å². The van der Waals surface area contributed by atoms with Gasteiger partial charge in [0.2, 0.25) is 10.0 Å². The van der Waals surface area contributed by atoms with Gasteiger partial charge in [0, 0.05) is 33.2 Å². The monoisotopic (exact) mass is 341 g/mol. The van der Waals surface area contributed by atoms with Crippen molar-refractivity contribution in [2.24, 2.45) is 7.05 Å². The molecule has 0 saturated carbocycles. The molecule has 1 aliphatic rings. The lowest BCUT2D eigenvalue weighted by atomic mass is 10.3. The van der Waals surface area contributed by atoms with Crippen LogP contribution in [0.25, 0.3) is 10.2 Å². The Morgan fingerprint density at radius 3 is 2.50 bits per heavy atom. The van der Waals surface area contributed by atoms with E-state index in [0.29, 0.717) is 17.8 Å². The Morgan fingerprint density at radius 1 is 1.18 bits per heavy atom. The van der Waals surface area contributed by atoms with Gasteiger partial charge in [-0.1, -0.05) is 18.3 Å². The normalized spacial score (nSPS) is 18.1. The highest BCUT2D eigenvalue weighted by atomic mass is 32.2. The molecule has 1 saturated heterocycles. The van der Waals surface area contributed by atoms with Crippen LogP contribution in [-0.2, 0) is 17.1 Å². The van der Waals surface area contributed by atoms with Gasteiger partial charge in [-0.25, -0.2) is 8.42 Å². The van der Waals surface area contributed by atoms with E-state index < -0.39 is 10.0 Å². The van der Waals surface area contributed by atoms with Crippen molar-refractivity contribution in [2.75, 3.05) is 32.7 Å². The van der Waals surface area contributed by atoms with Gasteiger partial charge in [-0.3, -0.25) is 4.79 Å². The van der Waals surface area contributed by atoms with Crippen LogP contribution >= 0.6 is 11.3 Å². The molecule has 2 heterocycles. The molecule has 1 aromatic carbocycles. The maximum Gasteiger partial charge on any atom is 0.307 e. The number of rotatable bonds is 3. The summed E-state index contributed by atoms with van der Waals surface area (Å²) >= 11 is 1.08. The number of fused-ring (bicyclic) bond motifs is 1. The van der Waals surface area contributed by atoms with E-state index in [0.717, 1.165) is 36.5 Å². The Morgan fingerprint density at radius 2 is 1.86 bits per heavy atom. The van der Waals surface area contributed by atoms with Crippen LogP contribution in [0.2, 0.25) is 0 Å². The number of thiazole rings is 1. The fourth-order valence-corrected chi connectivity index (χ4v) is 5.15. The Bertz CT molecular complexity index is 846. The number of piperazine rings is 1. The summed E-state index contributed by atoms with van der Waals surface area (Å²) in [5.41, 5.74) is 0.768. The van der Waals surface area contributed by atoms with Crippen molar-refractivity contribution in [1.29, 1.82) is 0 Å². The van der Waals surface area contributed by atoms with E-state index in [1.54, 1.807) is 25.2 Å². The average molecular weight is 341 g/mol. The van der Waals surface area contributed by atoms with Crippen molar-refractivity contribution in [2.45, 2.75) is 11.8 Å². The summed E-state index contributed by atoms with van der Waals surface area (Å²) in [5, 5.41) is 0. The quantitative estimate of drug-likeness (QED) is 0.833. The zero-order chi connectivity index (χ0) is 15.9. The molecule has 120 valence electrons. The summed E-state index contributed by atoms with van der Waals surface area (Å²) in [6.07, 6.45) is 0. The summed E-state index contributed by atoms with van der Waals surface area (Å²) in [6, 6.07) is 4.92. The van der Waals surface area contributed by atoms with E-state index in [9.17, 15) is 13.2 Å². The maximum atomic E-state index is 12.7. The van der Waals surface area contributed by atoms with Crippen molar-refractivity contribution in [1.82, 2.24) is 13.8 Å². The Kier molecular flexibility index (Phi) is 4.11. The molecule has 1 aliphatic heterocycles. The zero-order valence-electron chi connectivity index (χ0n) is 12.7. The second kappa shape index (κ2) is 5.77. The predicted octanol–water partition coefficient (Wildman–Crippen LogP) is 0.926. The number of hydrogen-bond acceptors (Lipinski definition) is 5. The summed E-state index contributed by atoms with van der Waals surface area (Å²) in [7, 11) is -1.79. The third-order valence-electron chi connectivity index (χ3n) is 4.18. The maximum absolute atomic E-state index is 12.7. The lowest BCUT2D eigenvalue weighted by molar-refractivity contribution is 0.196. The van der Waals surface area contributed by atoms with Gasteiger partial charge >= 0.3 is 4.87 Å². The molecular weight excluding hydrogens is 322 g/mol. The highest BCUT2D eigenvalue weighted by molar-refractivity contribution is 7.89. The minimum Gasteiger partial charge on any atom is -0.302 e. The summed E-state index contributed by atoms with van der Waals surface area (Å²) in [5.74, 6) is 0. The van der Waals surface area contributed by atoms with Crippen LogP contribution in [-0.4, -0.2) is 54.9 Å². The minimum atomic E-state index is -3.49. The van der Waals surface area contributed by atoms with Crippen LogP contribution in [0.15, 0.2) is 27.9 Å². The van der Waals surface area contributed by atoms with Crippen LogP contribution in [0.3, 0.4) is 0 Å². The number of aromatic nitrogens is 1. The third kappa shape index (κ3) is 2.60. The standard InChI is InChI=1S/C14H19N3O3S2/c1-3-16-6-8-17(9-7-16)22(19,20)11-4-5-12-13(10-11)21-14(18)15(12)2/h4-5,10H,3,6-9H2,1-2H3. The van der Waals surface area contributed by atoms with E-state index in [1.807, 2.05) is 0 Å². The summed E-state index contributed by atoms with van der Waals surface area (Å²) in [6.45, 7) is 5.57. The number of hydrogen-bond donors (Lipinski definition) is 0. The Labute approximate surface area is 133 Å². The highest BCUT2D eigenvalue weighted by Crippen LogP contribution is 2.24. The van der Waals surface area contributed by atoms with Gasteiger partial charge in [0.1, 0.15) is 0 Å². The molecule has 0 bridgehead atoms. The lowest BCUT2D eigenvalue weighted by Crippen LogP contribution is -2.48. The topological polar surface area (TPSA) is 62.6 Å². The molecule has 3 rings (SSSR count). The smallest absolute Gasteiger partial charge is 0.302 e. The van der Waals surface area contributed by atoms with Gasteiger partial charge in [0.25, 0.3) is 0 Å². The first-order valence-corrected chi connectivity index (χ1v) is 9.51. The van der Waals surface area contributed by atoms with Crippen molar-refractivity contribution in [3.05, 3.63) is 27.9 Å². The Balaban J connectivity index is 1.94. The molecule has 8 heteroatoms. The SMILES string of the molecule is CCN1CCN(S(=O)(=O)c2ccc3c(c2)sc(=O)n3C)CC1. The molecule has 22 heavy (non-hydrogen) atoms. The zero-order valence-corrected chi connectivity index (χ0v) is 14.3. The molecule has 6 nitrogen and oxygen atoms in total. The number of benzene rings is 1. The first kappa shape index (κ1) is 15.7. The first-order chi connectivity index (χ1) is 10.4. The minimum absolute atomic E-state index is 0.0823. The van der Waals surface area contributed by atoms with Gasteiger partial charge in [0.05, 0.1) is 15.1 Å². The molecule has 0 radical (unpaired) electrons. The van der Waals surface area contributed by atoms with Gasteiger partial charge < -0.3 is 9.47 Å². The van der Waals surface area contributed by atoms with Crippen LogP contribution in [0.4, 0.5) is 0 Å². The van der Waals surface area contributed by atoms with Crippen molar-refractivity contribution >= 4 is 31.6 Å². The summed E-state index contributed by atoms with van der Waals surface area (Å²) in [4.78, 5) is 14.1. The van der Waals surface area contributed by atoms with Crippen molar-refractivity contribution < 1.29 is 8.42 Å². The molecule has 0 aliphatic carbocycles. The molecule has 2 aromatic rings. The predicted molar refractivity (Wildman–Crippen MR) is 87.9 cm³/mol. The largest absolute Gasteiger partial charge is 0.307 e. The molecule has 0 amide bonds. The molecule has 0 atom stereocenters. The average Bonchev–Trinajstić information content (AvgIpc) is 2.81. The van der Waals surface area contributed by atoms with Crippen molar-refractivity contribution in [3.63, 3.8) is 0 Å². The van der Waals surface area contributed by atoms with Gasteiger partial charge in [-0.15, -0.1) is 0 Å². The summed E-state index contributed by atoms with van der Waals surface area (Å²) < 4.78 is 29.3. The van der Waals surface area contributed by atoms with Crippen LogP contribution in [0.5, 0.6) is 0 Å². The fraction of sp³-hybridized carbons (Fsp3) is 0.500. The molecule has 1 aromatic heterocycles. The molecule has 0 N–H and O–H groups in total. The third-order valence-corrected chi connectivity index (χ3v) is 7.07. The lowest BCUT2D eigenvalue weighted by Gasteiger charge is -2.33. The van der Waals surface area contributed by atoms with E-state index in [1.165, 1.54) is 8.87 Å². The first-order valence-electron chi connectivity index (χ1n) is 7.25. The van der Waals surface area contributed by atoms with E-state index in [2.05, 4.69) is 11.8 Å². The van der Waals surface area contributed by atoms with E-state index in [4.69, 9.17) is 0 Å². The highest BCUT2D eigenvalue weighted by Gasteiger charge is 2.28. The van der Waals surface area contributed by atoms with E-state index in [-0.39, 0.29) is 9.77 Å². The van der Waals surface area contributed by atoms with E-state index >= 15 is 0 Å². The number of likely N-dealkylation sites (N-methyl/N-ethyl adjacent to an activating group) is 1. The molecule has 1 fully saturated rings. The Hall–Kier alpha value is -1.22. The van der Waals surface area contributed by atoms with Crippen LogP contribution < -0.4 is 4.87 Å². The van der Waals surface area contributed by atoms with Crippen molar-refractivity contribution in [3.8, 4) is 0 Å². The van der Waals surface area contributed by atoms with Crippen LogP contribution in [0.1, 0.15) is 6.92 Å². The fourth-order valence-electron chi connectivity index (χ4n) is 2.71. The number of nitrogens with zero attached hydrogens (tertiary/aromatic N) is 3. The number of sulfonamides is 1. The number of aryl methyl sites for hydroxylation is 1.